The van der Waals surface area contributed by atoms with Crippen LogP contribution in [0.2, 0.25) is 10.0 Å². The van der Waals surface area contributed by atoms with E-state index in [4.69, 9.17) is 23.2 Å². The molecule has 0 bridgehead atoms. The van der Waals surface area contributed by atoms with E-state index in [1.54, 1.807) is 35.1 Å². The van der Waals surface area contributed by atoms with E-state index in [1.807, 2.05) is 76.9 Å². The monoisotopic (exact) mass is 902 g/mol. The van der Waals surface area contributed by atoms with Gasteiger partial charge in [0.15, 0.2) is 0 Å². The van der Waals surface area contributed by atoms with E-state index >= 15 is 0 Å². The van der Waals surface area contributed by atoms with Crippen molar-refractivity contribution in [3.8, 4) is 22.3 Å². The maximum absolute atomic E-state index is 13.8. The lowest BCUT2D eigenvalue weighted by Crippen LogP contribution is -2.54. The van der Waals surface area contributed by atoms with Crippen LogP contribution < -0.4 is 10.6 Å². The molecule has 2 aliphatic heterocycles. The molecule has 0 unspecified atom stereocenters. The number of thiazole rings is 2. The number of halogens is 2. The molecule has 2 aromatic carbocycles. The first-order chi connectivity index (χ1) is 30.3. The molecule has 2 atom stereocenters. The molecule has 6 aromatic heterocycles. The Morgan fingerprint density at radius 3 is 1.73 bits per heavy atom. The molecule has 2 aliphatic rings. The number of nitrogens with zero attached hydrogens (tertiary/aromatic N) is 10. The summed E-state index contributed by atoms with van der Waals surface area (Å²) in [7, 11) is 0. The van der Waals surface area contributed by atoms with E-state index in [-0.39, 0.29) is 23.7 Å². The van der Waals surface area contributed by atoms with Gasteiger partial charge in [-0.1, -0.05) is 35.3 Å². The molecule has 2 fully saturated rings. The van der Waals surface area contributed by atoms with Crippen LogP contribution in [0.3, 0.4) is 0 Å². The molecule has 62 heavy (non-hydrogen) atoms. The van der Waals surface area contributed by atoms with Gasteiger partial charge in [0.2, 0.25) is 11.8 Å². The molecule has 10 rings (SSSR count). The largest absolute Gasteiger partial charge is 0.324 e. The van der Waals surface area contributed by atoms with Crippen molar-refractivity contribution in [2.45, 2.75) is 38.8 Å². The number of carbonyl (C=O) groups is 2. The highest BCUT2D eigenvalue weighted by atomic mass is 35.5. The molecule has 14 nitrogen and oxygen atoms in total. The number of nitrogens with one attached hydrogen (secondary N) is 2. The van der Waals surface area contributed by atoms with Crippen LogP contribution in [0.1, 0.15) is 37.1 Å². The number of hydrogen-bond acceptors (Lipinski definition) is 12. The first-order valence-electron chi connectivity index (χ1n) is 20.4. The van der Waals surface area contributed by atoms with Gasteiger partial charge in [-0.3, -0.25) is 9.59 Å². The predicted octanol–water partition coefficient (Wildman–Crippen LogP) is 8.74. The molecule has 2 saturated heterocycles. The molecule has 2 amide bonds. The molecule has 0 saturated carbocycles. The van der Waals surface area contributed by atoms with Crippen LogP contribution in [0.5, 0.6) is 0 Å². The van der Waals surface area contributed by atoms with Crippen molar-refractivity contribution in [2.24, 2.45) is 11.8 Å². The Labute approximate surface area is 374 Å². The minimum absolute atomic E-state index is 0.0914. The summed E-state index contributed by atoms with van der Waals surface area (Å²) in [6.45, 7) is 4.00. The zero-order valence-electron chi connectivity index (χ0n) is 33.3. The fourth-order valence-electron chi connectivity index (χ4n) is 8.46. The summed E-state index contributed by atoms with van der Waals surface area (Å²) in [6.07, 6.45) is 10.0. The highest BCUT2D eigenvalue weighted by Gasteiger charge is 2.34. The number of aromatic nitrogens is 8. The van der Waals surface area contributed by atoms with Crippen LogP contribution in [0.15, 0.2) is 95.4 Å². The Kier molecular flexibility index (Phi) is 11.5. The van der Waals surface area contributed by atoms with Gasteiger partial charge >= 0.3 is 0 Å². The summed E-state index contributed by atoms with van der Waals surface area (Å²) >= 11 is 16.5. The molecule has 0 radical (unpaired) electrons. The maximum Gasteiger partial charge on any atom is 0.229 e. The van der Waals surface area contributed by atoms with E-state index in [0.29, 0.717) is 47.9 Å². The zero-order valence-corrected chi connectivity index (χ0v) is 36.5. The average Bonchev–Trinajstić information content (AvgIpc) is 4.15. The summed E-state index contributed by atoms with van der Waals surface area (Å²) in [5, 5.41) is 15.6. The predicted molar refractivity (Wildman–Crippen MR) is 244 cm³/mol. The van der Waals surface area contributed by atoms with Crippen molar-refractivity contribution in [3.05, 3.63) is 117 Å². The number of imidazole rings is 2. The molecular weight excluding hydrogens is 864 g/mol. The van der Waals surface area contributed by atoms with Crippen LogP contribution in [0, 0.1) is 11.8 Å². The highest BCUT2D eigenvalue weighted by Crippen LogP contribution is 2.34. The number of hydrazine groups is 1. The van der Waals surface area contributed by atoms with Crippen molar-refractivity contribution in [1.82, 2.24) is 49.1 Å². The molecular formula is C44H40Cl2N12O2S2. The van der Waals surface area contributed by atoms with Gasteiger partial charge in [-0.05, 0) is 73.2 Å². The Bertz CT molecular complexity index is 2900. The van der Waals surface area contributed by atoms with Crippen molar-refractivity contribution >= 4 is 91.4 Å². The summed E-state index contributed by atoms with van der Waals surface area (Å²) in [5.41, 5.74) is 12.6. The van der Waals surface area contributed by atoms with Crippen LogP contribution in [0.25, 0.3) is 44.3 Å². The first-order valence-corrected chi connectivity index (χ1v) is 23.0. The SMILES string of the molecule is O=C(Nc1cc(-c2ccc3c(c2)ncn3Cc2cscn2)c(Cl)cn1)[C@@H]1CCCN(N2CCC[C@@H](C(=O)Nc3cc(-c4ccc5ncn(Cc6cscn6)c5c4)c(Cl)cn3)C2)C1. The van der Waals surface area contributed by atoms with E-state index in [2.05, 4.69) is 65.8 Å². The molecule has 18 heteroatoms. The lowest BCUT2D eigenvalue weighted by Gasteiger charge is -2.43. The first kappa shape index (κ1) is 40.5. The zero-order chi connectivity index (χ0) is 42.2. The van der Waals surface area contributed by atoms with Gasteiger partial charge in [-0.25, -0.2) is 39.9 Å². The van der Waals surface area contributed by atoms with Crippen LogP contribution in [-0.4, -0.2) is 87.0 Å². The lowest BCUT2D eigenvalue weighted by atomic mass is 9.96. The van der Waals surface area contributed by atoms with Crippen molar-refractivity contribution in [1.29, 1.82) is 0 Å². The van der Waals surface area contributed by atoms with Crippen molar-refractivity contribution in [2.75, 3.05) is 36.8 Å². The lowest BCUT2D eigenvalue weighted by molar-refractivity contribution is -0.133. The second kappa shape index (κ2) is 17.6. The summed E-state index contributed by atoms with van der Waals surface area (Å²) in [5.74, 6) is 0.192. The molecule has 314 valence electrons. The third-order valence-electron chi connectivity index (χ3n) is 11.7. The number of piperidine rings is 2. The van der Waals surface area contributed by atoms with E-state index < -0.39 is 0 Å². The number of amides is 2. The van der Waals surface area contributed by atoms with Gasteiger partial charge < -0.3 is 19.8 Å². The topological polar surface area (TPSA) is 152 Å². The van der Waals surface area contributed by atoms with E-state index in [0.717, 1.165) is 94.5 Å². The van der Waals surface area contributed by atoms with Gasteiger partial charge in [0.1, 0.15) is 11.6 Å². The molecule has 2 N–H and O–H groups in total. The Balaban J connectivity index is 0.771. The standard InChI is InChI=1S/C44H40Cl2N12O2S2/c45-35-15-47-41(13-33(35)27-6-8-39-38(11-27)50-24-55(39)19-31-21-61-25-51-31)53-43(59)29-3-1-9-57(17-29)58-10-2-4-30(18-58)44(60)54-42-14-34(36(46)16-48-42)28-5-7-37-40(12-28)56(23-49-37)20-32-22-62-26-52-32/h5-8,11-16,21-26,29-30H,1-4,9-10,17-20H2,(H,47,53,59)(H,48,54,60)/t29-,30-/m1/s1. The van der Waals surface area contributed by atoms with Gasteiger partial charge in [-0.2, -0.15) is 0 Å². The third-order valence-corrected chi connectivity index (χ3v) is 13.5. The number of anilines is 2. The number of hydrogen-bond donors (Lipinski definition) is 2. The molecule has 0 spiro atoms. The second-order valence-electron chi connectivity index (χ2n) is 15.7. The molecule has 0 aliphatic carbocycles. The third kappa shape index (κ3) is 8.58. The van der Waals surface area contributed by atoms with Crippen LogP contribution in [-0.2, 0) is 22.7 Å². The fraction of sp³-hybridized carbons (Fsp3) is 0.273. The fourth-order valence-corrected chi connectivity index (χ4v) is 9.98. The average molecular weight is 904 g/mol. The Hall–Kier alpha value is -5.62. The van der Waals surface area contributed by atoms with E-state index in [9.17, 15) is 9.59 Å². The van der Waals surface area contributed by atoms with Crippen LogP contribution in [0.4, 0.5) is 11.6 Å². The van der Waals surface area contributed by atoms with Gasteiger partial charge in [0.25, 0.3) is 0 Å². The number of fused-ring (bicyclic) bond motifs is 2. The Morgan fingerprint density at radius 1 is 0.629 bits per heavy atom. The van der Waals surface area contributed by atoms with E-state index in [1.165, 1.54) is 0 Å². The van der Waals surface area contributed by atoms with Gasteiger partial charge in [-0.15, -0.1) is 22.7 Å². The smallest absolute Gasteiger partial charge is 0.229 e. The summed E-state index contributed by atoms with van der Waals surface area (Å²) in [6, 6.07) is 15.7. The quantitative estimate of drug-likeness (QED) is 0.129. The number of pyridine rings is 2. The summed E-state index contributed by atoms with van der Waals surface area (Å²) < 4.78 is 4.13. The van der Waals surface area contributed by atoms with Crippen molar-refractivity contribution in [3.63, 3.8) is 0 Å². The highest BCUT2D eigenvalue weighted by molar-refractivity contribution is 7.07. The minimum atomic E-state index is -0.252. The second-order valence-corrected chi connectivity index (χ2v) is 17.9. The number of rotatable bonds is 11. The minimum Gasteiger partial charge on any atom is -0.324 e. The van der Waals surface area contributed by atoms with Crippen molar-refractivity contribution < 1.29 is 9.59 Å². The number of carbonyl (C=O) groups excluding carboxylic acids is 2. The van der Waals surface area contributed by atoms with Gasteiger partial charge in [0.05, 0.1) is 92.1 Å². The molecule has 8 heterocycles. The normalized spacial score (nSPS) is 17.5. The number of benzene rings is 2. The van der Waals surface area contributed by atoms with Crippen LogP contribution >= 0.6 is 45.9 Å². The Morgan fingerprint density at radius 2 is 1.16 bits per heavy atom. The van der Waals surface area contributed by atoms with Gasteiger partial charge in [0, 0.05) is 60.5 Å². The molecule has 8 aromatic rings. The maximum atomic E-state index is 13.8. The summed E-state index contributed by atoms with van der Waals surface area (Å²) in [4.78, 5) is 54.5.